The molecule has 0 radical (unpaired) electrons. The van der Waals surface area contributed by atoms with Crippen molar-refractivity contribution in [3.05, 3.63) is 52.5 Å². The fourth-order valence-electron chi connectivity index (χ4n) is 4.12. The maximum atomic E-state index is 14.3. The van der Waals surface area contributed by atoms with E-state index in [1.807, 2.05) is 17.5 Å². The molecule has 27 heavy (non-hydrogen) atoms. The third kappa shape index (κ3) is 2.44. The highest BCUT2D eigenvalue weighted by Crippen LogP contribution is 2.50. The van der Waals surface area contributed by atoms with Crippen LogP contribution >= 0.6 is 11.3 Å². The topological polar surface area (TPSA) is 75.7 Å². The second-order valence-corrected chi connectivity index (χ2v) is 7.78. The van der Waals surface area contributed by atoms with Crippen molar-refractivity contribution in [1.29, 1.82) is 0 Å². The summed E-state index contributed by atoms with van der Waals surface area (Å²) in [5.74, 6) is -4.22. The van der Waals surface area contributed by atoms with E-state index >= 15 is 0 Å². The lowest BCUT2D eigenvalue weighted by Crippen LogP contribution is -2.54. The van der Waals surface area contributed by atoms with Gasteiger partial charge in [0.05, 0.1) is 30.7 Å². The largest absolute Gasteiger partial charge is 0.468 e. The number of benzene rings is 1. The lowest BCUT2D eigenvalue weighted by atomic mass is 9.81. The number of fused-ring (bicyclic) bond motifs is 1. The Bertz CT molecular complexity index is 932. The van der Waals surface area contributed by atoms with Crippen LogP contribution in [0, 0.1) is 17.7 Å². The Morgan fingerprint density at radius 2 is 1.96 bits per heavy atom. The average molecular weight is 388 g/mol. The Hall–Kier alpha value is -2.58. The van der Waals surface area contributed by atoms with Crippen molar-refractivity contribution < 1.29 is 23.5 Å². The summed E-state index contributed by atoms with van der Waals surface area (Å²) in [5.41, 5.74) is -1.49. The fourth-order valence-corrected chi connectivity index (χ4v) is 4.94. The molecule has 0 saturated carbocycles. The SMILES string of the molecule is COC(=O)[C@]1(C)N[C@@H](c2cccs2)[C@H]2C(=O)N(c3ccccc3F)C(=O)[C@H]21. The van der Waals surface area contributed by atoms with Gasteiger partial charge in [-0.2, -0.15) is 0 Å². The van der Waals surface area contributed by atoms with E-state index in [9.17, 15) is 18.8 Å². The molecule has 2 amide bonds. The predicted molar refractivity (Wildman–Crippen MR) is 96.5 cm³/mol. The molecule has 1 aromatic heterocycles. The van der Waals surface area contributed by atoms with Crippen molar-refractivity contribution in [2.24, 2.45) is 11.8 Å². The van der Waals surface area contributed by atoms with Crippen LogP contribution in [0.5, 0.6) is 0 Å². The van der Waals surface area contributed by atoms with Crippen molar-refractivity contribution in [2.75, 3.05) is 12.0 Å². The van der Waals surface area contributed by atoms with Crippen LogP contribution < -0.4 is 10.2 Å². The Kier molecular flexibility index (Phi) is 4.12. The highest BCUT2D eigenvalue weighted by Gasteiger charge is 2.67. The van der Waals surface area contributed by atoms with E-state index in [4.69, 9.17) is 4.74 Å². The number of halogens is 1. The minimum atomic E-state index is -1.39. The number of nitrogens with one attached hydrogen (secondary N) is 1. The quantitative estimate of drug-likeness (QED) is 0.645. The van der Waals surface area contributed by atoms with E-state index in [0.29, 0.717) is 0 Å². The Labute approximate surface area is 158 Å². The molecule has 8 heteroatoms. The molecular formula is C19H17FN2O4S. The number of anilines is 1. The molecule has 3 heterocycles. The minimum absolute atomic E-state index is 0.0981. The number of ether oxygens (including phenoxy) is 1. The first-order valence-electron chi connectivity index (χ1n) is 8.42. The summed E-state index contributed by atoms with van der Waals surface area (Å²) in [6.45, 7) is 1.56. The van der Waals surface area contributed by atoms with Gasteiger partial charge in [0.1, 0.15) is 11.4 Å². The van der Waals surface area contributed by atoms with E-state index in [-0.39, 0.29) is 5.69 Å². The van der Waals surface area contributed by atoms with Gasteiger partial charge in [-0.25, -0.2) is 9.29 Å². The average Bonchev–Trinajstić information content (AvgIpc) is 3.34. The van der Waals surface area contributed by atoms with Crippen molar-refractivity contribution in [3.8, 4) is 0 Å². The predicted octanol–water partition coefficient (Wildman–Crippen LogP) is 2.27. The van der Waals surface area contributed by atoms with Crippen LogP contribution in [0.1, 0.15) is 17.8 Å². The number of esters is 1. The molecule has 2 aliphatic heterocycles. The minimum Gasteiger partial charge on any atom is -0.468 e. The first kappa shape index (κ1) is 17.8. The molecule has 0 bridgehead atoms. The first-order valence-corrected chi connectivity index (χ1v) is 9.30. The van der Waals surface area contributed by atoms with Crippen LogP contribution in [0.3, 0.4) is 0 Å². The highest BCUT2D eigenvalue weighted by atomic mass is 32.1. The molecule has 1 N–H and O–H groups in total. The monoisotopic (exact) mass is 388 g/mol. The van der Waals surface area contributed by atoms with Crippen LogP contribution in [0.15, 0.2) is 41.8 Å². The summed E-state index contributed by atoms with van der Waals surface area (Å²) in [5, 5.41) is 5.00. The lowest BCUT2D eigenvalue weighted by molar-refractivity contribution is -0.151. The zero-order chi connectivity index (χ0) is 19.3. The zero-order valence-corrected chi connectivity index (χ0v) is 15.5. The number of carbonyl (C=O) groups excluding carboxylic acids is 3. The van der Waals surface area contributed by atoms with Crippen LogP contribution in [0.2, 0.25) is 0 Å². The summed E-state index contributed by atoms with van der Waals surface area (Å²) < 4.78 is 19.2. The molecular weight excluding hydrogens is 371 g/mol. The summed E-state index contributed by atoms with van der Waals surface area (Å²) >= 11 is 1.42. The van der Waals surface area contributed by atoms with Gasteiger partial charge in [0.25, 0.3) is 0 Å². The van der Waals surface area contributed by atoms with Crippen LogP contribution in [-0.2, 0) is 19.1 Å². The number of thiophene rings is 1. The molecule has 0 spiro atoms. The third-order valence-corrected chi connectivity index (χ3v) is 6.30. The second-order valence-electron chi connectivity index (χ2n) is 6.80. The third-order valence-electron chi connectivity index (χ3n) is 5.34. The van der Waals surface area contributed by atoms with Gasteiger partial charge in [0.15, 0.2) is 0 Å². The molecule has 140 valence electrons. The van der Waals surface area contributed by atoms with Gasteiger partial charge in [-0.05, 0) is 30.5 Å². The molecule has 2 fully saturated rings. The van der Waals surface area contributed by atoms with E-state index in [0.717, 1.165) is 9.78 Å². The lowest BCUT2D eigenvalue weighted by Gasteiger charge is -2.28. The first-order chi connectivity index (χ1) is 12.9. The Balaban J connectivity index is 1.84. The van der Waals surface area contributed by atoms with E-state index in [1.165, 1.54) is 36.6 Å². The number of imide groups is 1. The number of rotatable bonds is 3. The number of hydrogen-bond acceptors (Lipinski definition) is 6. The molecule has 1 aromatic carbocycles. The molecule has 4 rings (SSSR count). The molecule has 0 aliphatic carbocycles. The fraction of sp³-hybridized carbons (Fsp3) is 0.316. The number of carbonyl (C=O) groups is 3. The number of methoxy groups -OCH3 is 1. The van der Waals surface area contributed by atoms with E-state index in [2.05, 4.69) is 5.32 Å². The van der Waals surface area contributed by atoms with Crippen LogP contribution in [0.25, 0.3) is 0 Å². The van der Waals surface area contributed by atoms with Crippen molar-refractivity contribution in [3.63, 3.8) is 0 Å². The van der Waals surface area contributed by atoms with Crippen molar-refractivity contribution >= 4 is 34.8 Å². The molecule has 4 atom stereocenters. The zero-order valence-electron chi connectivity index (χ0n) is 14.6. The van der Waals surface area contributed by atoms with Gasteiger partial charge in [-0.15, -0.1) is 11.3 Å². The van der Waals surface area contributed by atoms with Gasteiger partial charge in [-0.3, -0.25) is 19.7 Å². The number of amides is 2. The van der Waals surface area contributed by atoms with Gasteiger partial charge in [0.2, 0.25) is 11.8 Å². The van der Waals surface area contributed by atoms with Crippen molar-refractivity contribution in [2.45, 2.75) is 18.5 Å². The van der Waals surface area contributed by atoms with Crippen LogP contribution in [0.4, 0.5) is 10.1 Å². The van der Waals surface area contributed by atoms with Crippen molar-refractivity contribution in [1.82, 2.24) is 5.32 Å². The summed E-state index contributed by atoms with van der Waals surface area (Å²) in [7, 11) is 1.23. The van der Waals surface area contributed by atoms with Crippen LogP contribution in [-0.4, -0.2) is 30.4 Å². The van der Waals surface area contributed by atoms with Gasteiger partial charge >= 0.3 is 5.97 Å². The number of para-hydroxylation sites is 1. The molecule has 0 unspecified atom stereocenters. The maximum Gasteiger partial charge on any atom is 0.326 e. The van der Waals surface area contributed by atoms with E-state index < -0.39 is 47.0 Å². The maximum absolute atomic E-state index is 14.3. The normalized spacial score (nSPS) is 29.9. The Morgan fingerprint density at radius 1 is 1.22 bits per heavy atom. The molecule has 2 aliphatic rings. The van der Waals surface area contributed by atoms with Gasteiger partial charge in [-0.1, -0.05) is 18.2 Å². The summed E-state index contributed by atoms with van der Waals surface area (Å²) in [4.78, 5) is 40.6. The number of nitrogens with zero attached hydrogens (tertiary/aromatic N) is 1. The molecule has 2 saturated heterocycles. The highest BCUT2D eigenvalue weighted by molar-refractivity contribution is 7.10. The second kappa shape index (κ2) is 6.24. The summed E-state index contributed by atoms with van der Waals surface area (Å²) in [6, 6.07) is 8.76. The standard InChI is InChI=1S/C19H17FN2O4S/c1-19(18(25)26-2)14-13(15(21-19)12-8-5-9-27-12)16(23)22(17(14)24)11-7-4-3-6-10(11)20/h3-9,13-15,21H,1-2H3/t13-,14-,15-,19+/m0/s1. The number of hydrogen-bond donors (Lipinski definition) is 1. The molecule has 2 aromatic rings. The smallest absolute Gasteiger partial charge is 0.326 e. The van der Waals surface area contributed by atoms with Gasteiger partial charge < -0.3 is 4.74 Å². The molecule has 6 nitrogen and oxygen atoms in total. The van der Waals surface area contributed by atoms with Gasteiger partial charge in [0, 0.05) is 4.88 Å². The summed E-state index contributed by atoms with van der Waals surface area (Å²) in [6.07, 6.45) is 0. The Morgan fingerprint density at radius 3 is 2.59 bits per heavy atom. The van der Waals surface area contributed by atoms with E-state index in [1.54, 1.807) is 13.0 Å².